The van der Waals surface area contributed by atoms with E-state index in [4.69, 9.17) is 0 Å². The van der Waals surface area contributed by atoms with Crippen molar-refractivity contribution in [1.29, 1.82) is 0 Å². The molecule has 0 fully saturated rings. The third-order valence-electron chi connectivity index (χ3n) is 2.52. The van der Waals surface area contributed by atoms with E-state index in [1.54, 1.807) is 10.9 Å². The van der Waals surface area contributed by atoms with Crippen molar-refractivity contribution < 1.29 is 0 Å². The van der Waals surface area contributed by atoms with E-state index in [1.807, 2.05) is 0 Å². The Bertz CT molecular complexity index is 313. The Kier molecular flexibility index (Phi) is 2.51. The van der Waals surface area contributed by atoms with Crippen LogP contribution in [0.2, 0.25) is 0 Å². The predicted molar refractivity (Wildman–Crippen MR) is 61.1 cm³/mol. The molecule has 2 rings (SSSR count). The first-order valence-corrected chi connectivity index (χ1v) is 6.36. The van der Waals surface area contributed by atoms with E-state index < -0.39 is 0 Å². The molecule has 1 heterocycles. The van der Waals surface area contributed by atoms with Crippen molar-refractivity contribution in [2.45, 2.75) is 19.5 Å². The summed E-state index contributed by atoms with van der Waals surface area (Å²) in [6, 6.07) is 10.9. The Morgan fingerprint density at radius 1 is 1.23 bits per heavy atom. The van der Waals surface area contributed by atoms with E-state index in [1.165, 1.54) is 6.16 Å². The predicted octanol–water partition coefficient (Wildman–Crippen LogP) is 3.14. The third-order valence-corrected chi connectivity index (χ3v) is 5.46. The van der Waals surface area contributed by atoms with Gasteiger partial charge in [0.1, 0.15) is 0 Å². The molecule has 0 N–H and O–H groups in total. The van der Waals surface area contributed by atoms with E-state index in [2.05, 4.69) is 50.3 Å². The summed E-state index contributed by atoms with van der Waals surface area (Å²) in [4.78, 5) is 0. The molecule has 0 aromatic heterocycles. The van der Waals surface area contributed by atoms with E-state index in [9.17, 15) is 0 Å². The average molecular weight is 190 g/mol. The van der Waals surface area contributed by atoms with Crippen LogP contribution in [-0.4, -0.2) is 11.8 Å². The van der Waals surface area contributed by atoms with Crippen LogP contribution in [0.4, 0.5) is 0 Å². The summed E-state index contributed by atoms with van der Waals surface area (Å²) in [6.45, 7) is 4.59. The van der Waals surface area contributed by atoms with Crippen LogP contribution >= 0.6 is 7.92 Å². The van der Waals surface area contributed by atoms with Gasteiger partial charge in [0, 0.05) is 0 Å². The lowest BCUT2D eigenvalue weighted by Gasteiger charge is -2.16. The van der Waals surface area contributed by atoms with Gasteiger partial charge < -0.3 is 0 Å². The molecule has 1 aliphatic rings. The molecule has 13 heavy (non-hydrogen) atoms. The highest BCUT2D eigenvalue weighted by atomic mass is 31.1. The van der Waals surface area contributed by atoms with Crippen molar-refractivity contribution >= 4 is 13.2 Å². The lowest BCUT2D eigenvalue weighted by Crippen LogP contribution is -2.06. The maximum atomic E-state index is 2.43. The van der Waals surface area contributed by atoms with Gasteiger partial charge >= 0.3 is 0 Å². The Morgan fingerprint density at radius 2 is 1.92 bits per heavy atom. The van der Waals surface area contributed by atoms with Gasteiger partial charge in [-0.25, -0.2) is 0 Å². The Balaban J connectivity index is 2.21. The second-order valence-corrected chi connectivity index (χ2v) is 6.30. The molecule has 0 saturated heterocycles. The molecule has 68 valence electrons. The minimum Gasteiger partial charge on any atom is -0.0778 e. The first-order chi connectivity index (χ1) is 6.27. The summed E-state index contributed by atoms with van der Waals surface area (Å²) >= 11 is 0. The fraction of sp³-hybridized carbons (Fsp3) is 0.333. The summed E-state index contributed by atoms with van der Waals surface area (Å²) in [5.41, 5.74) is 2.35. The molecule has 1 aliphatic heterocycles. The highest BCUT2D eigenvalue weighted by Gasteiger charge is 2.22. The number of hydrogen-bond acceptors (Lipinski definition) is 0. The first kappa shape index (κ1) is 8.97. The second kappa shape index (κ2) is 3.64. The summed E-state index contributed by atoms with van der Waals surface area (Å²) in [5.74, 6) is 0. The molecule has 0 bridgehead atoms. The van der Waals surface area contributed by atoms with Gasteiger partial charge in [-0.3, -0.25) is 0 Å². The van der Waals surface area contributed by atoms with Gasteiger partial charge in [0.05, 0.1) is 0 Å². The minimum absolute atomic E-state index is 0.0666. The smallest absolute Gasteiger partial charge is 0.00122 e. The summed E-state index contributed by atoms with van der Waals surface area (Å²) in [5, 5.41) is 1.55. The molecular weight excluding hydrogens is 175 g/mol. The minimum atomic E-state index is 0.0666. The fourth-order valence-corrected chi connectivity index (χ4v) is 4.49. The quantitative estimate of drug-likeness (QED) is 0.471. The van der Waals surface area contributed by atoms with Crippen molar-refractivity contribution in [3.8, 4) is 0 Å². The highest BCUT2D eigenvalue weighted by Crippen LogP contribution is 2.47. The van der Waals surface area contributed by atoms with E-state index >= 15 is 0 Å². The van der Waals surface area contributed by atoms with Gasteiger partial charge in [-0.1, -0.05) is 56.8 Å². The summed E-state index contributed by atoms with van der Waals surface area (Å²) in [7, 11) is 0.0666. The number of benzene rings is 1. The van der Waals surface area contributed by atoms with Crippen molar-refractivity contribution in [2.75, 3.05) is 6.16 Å². The van der Waals surface area contributed by atoms with E-state index in [0.717, 1.165) is 5.66 Å². The average Bonchev–Trinajstić information content (AvgIpc) is 2.47. The summed E-state index contributed by atoms with van der Waals surface area (Å²) < 4.78 is 0. The monoisotopic (exact) mass is 190 g/mol. The molecule has 2 unspecified atom stereocenters. The topological polar surface area (TPSA) is 0 Å². The maximum Gasteiger partial charge on any atom is -0.00122 e. The van der Waals surface area contributed by atoms with Crippen molar-refractivity contribution in [2.24, 2.45) is 0 Å². The van der Waals surface area contributed by atoms with Gasteiger partial charge in [0.2, 0.25) is 0 Å². The Labute approximate surface area is 81.4 Å². The zero-order chi connectivity index (χ0) is 9.26. The van der Waals surface area contributed by atoms with Crippen molar-refractivity contribution in [3.63, 3.8) is 0 Å². The van der Waals surface area contributed by atoms with Crippen LogP contribution in [-0.2, 0) is 0 Å². The molecule has 1 aromatic rings. The first-order valence-electron chi connectivity index (χ1n) is 4.76. The number of hydrogen-bond donors (Lipinski definition) is 0. The van der Waals surface area contributed by atoms with Crippen molar-refractivity contribution in [1.82, 2.24) is 0 Å². The second-order valence-electron chi connectivity index (χ2n) is 3.72. The van der Waals surface area contributed by atoms with Crippen LogP contribution in [0.1, 0.15) is 13.8 Å². The van der Waals surface area contributed by atoms with Crippen molar-refractivity contribution in [3.05, 3.63) is 42.0 Å². The SMILES string of the molecule is CC1=CC(C)P(c2ccccc2)C1. The molecule has 0 radical (unpaired) electrons. The fourth-order valence-electron chi connectivity index (χ4n) is 1.91. The molecule has 0 amide bonds. The Hall–Kier alpha value is -0.610. The highest BCUT2D eigenvalue weighted by molar-refractivity contribution is 7.67. The van der Waals surface area contributed by atoms with Crippen LogP contribution in [0.5, 0.6) is 0 Å². The van der Waals surface area contributed by atoms with Gasteiger partial charge in [-0.15, -0.1) is 0 Å². The third kappa shape index (κ3) is 1.84. The van der Waals surface area contributed by atoms with Gasteiger partial charge in [-0.2, -0.15) is 0 Å². The largest absolute Gasteiger partial charge is 0.0778 e. The molecule has 1 heteroatoms. The van der Waals surface area contributed by atoms with Crippen LogP contribution in [0.25, 0.3) is 0 Å². The molecule has 0 nitrogen and oxygen atoms in total. The Morgan fingerprint density at radius 3 is 2.46 bits per heavy atom. The molecular formula is C12H15P. The lowest BCUT2D eigenvalue weighted by atomic mass is 10.3. The zero-order valence-electron chi connectivity index (χ0n) is 8.20. The number of rotatable bonds is 1. The van der Waals surface area contributed by atoms with E-state index in [0.29, 0.717) is 0 Å². The van der Waals surface area contributed by atoms with Gasteiger partial charge in [0.25, 0.3) is 0 Å². The molecule has 0 aliphatic carbocycles. The van der Waals surface area contributed by atoms with Crippen LogP contribution < -0.4 is 5.30 Å². The molecule has 0 saturated carbocycles. The maximum absolute atomic E-state index is 2.43. The molecule has 0 spiro atoms. The van der Waals surface area contributed by atoms with Gasteiger partial charge in [0.15, 0.2) is 0 Å². The van der Waals surface area contributed by atoms with Gasteiger partial charge in [-0.05, 0) is 24.0 Å². The normalized spacial score (nSPS) is 27.4. The zero-order valence-corrected chi connectivity index (χ0v) is 9.09. The van der Waals surface area contributed by atoms with Crippen LogP contribution in [0.3, 0.4) is 0 Å². The van der Waals surface area contributed by atoms with Crippen LogP contribution in [0, 0.1) is 0 Å². The lowest BCUT2D eigenvalue weighted by molar-refractivity contribution is 1.23. The molecule has 2 atom stereocenters. The van der Waals surface area contributed by atoms with E-state index in [-0.39, 0.29) is 7.92 Å². The number of allylic oxidation sites excluding steroid dienone is 2. The molecule has 1 aromatic carbocycles. The summed E-state index contributed by atoms with van der Waals surface area (Å²) in [6.07, 6.45) is 3.74. The standard InChI is InChI=1S/C12H15P/c1-10-8-11(2)13(9-10)12-6-4-3-5-7-12/h3-8,11H,9H2,1-2H3. The van der Waals surface area contributed by atoms with Crippen LogP contribution in [0.15, 0.2) is 42.0 Å².